The lowest BCUT2D eigenvalue weighted by Crippen LogP contribution is -2.41. The van der Waals surface area contributed by atoms with Crippen LogP contribution in [-0.2, 0) is 6.54 Å². The van der Waals surface area contributed by atoms with Crippen molar-refractivity contribution in [3.63, 3.8) is 0 Å². The van der Waals surface area contributed by atoms with Crippen LogP contribution in [0.2, 0.25) is 5.15 Å². The van der Waals surface area contributed by atoms with Crippen molar-refractivity contribution >= 4 is 23.0 Å². The van der Waals surface area contributed by atoms with Gasteiger partial charge in [0.15, 0.2) is 0 Å². The first-order valence-corrected chi connectivity index (χ1v) is 6.82. The van der Waals surface area contributed by atoms with E-state index in [1.807, 2.05) is 18.3 Å². The van der Waals surface area contributed by atoms with E-state index in [-0.39, 0.29) is 0 Å². The molecule has 0 fully saturated rings. The van der Waals surface area contributed by atoms with Crippen molar-refractivity contribution in [1.29, 1.82) is 0 Å². The van der Waals surface area contributed by atoms with Crippen molar-refractivity contribution < 1.29 is 0 Å². The van der Waals surface area contributed by atoms with E-state index in [9.17, 15) is 0 Å². The third kappa shape index (κ3) is 2.51. The molecule has 3 nitrogen and oxygen atoms in total. The summed E-state index contributed by atoms with van der Waals surface area (Å²) >= 11 is 5.83. The van der Waals surface area contributed by atoms with Crippen LogP contribution in [0.4, 0.5) is 11.4 Å². The highest BCUT2D eigenvalue weighted by molar-refractivity contribution is 6.29. The monoisotopic (exact) mass is 273 g/mol. The predicted molar refractivity (Wildman–Crippen MR) is 79.8 cm³/mol. The molecule has 1 unspecified atom stereocenters. The fourth-order valence-corrected chi connectivity index (χ4v) is 2.53. The molecule has 0 bridgehead atoms. The second-order valence-electron chi connectivity index (χ2n) is 4.86. The summed E-state index contributed by atoms with van der Waals surface area (Å²) in [5.41, 5.74) is 3.62. The first kappa shape index (κ1) is 12.3. The zero-order valence-corrected chi connectivity index (χ0v) is 11.6. The third-order valence-corrected chi connectivity index (χ3v) is 3.70. The predicted octanol–water partition coefficient (Wildman–Crippen LogP) is 3.56. The summed E-state index contributed by atoms with van der Waals surface area (Å²) in [5.74, 6) is 0. The van der Waals surface area contributed by atoms with Crippen LogP contribution in [-0.4, -0.2) is 17.6 Å². The van der Waals surface area contributed by atoms with Crippen LogP contribution in [0, 0.1) is 0 Å². The van der Waals surface area contributed by atoms with Crippen LogP contribution >= 0.6 is 11.6 Å². The fourth-order valence-electron chi connectivity index (χ4n) is 2.42. The number of nitrogens with one attached hydrogen (secondary N) is 1. The molecular formula is C15H16ClN3. The molecule has 4 heteroatoms. The number of rotatable bonds is 2. The van der Waals surface area contributed by atoms with Crippen molar-refractivity contribution in [2.45, 2.75) is 19.5 Å². The van der Waals surface area contributed by atoms with Gasteiger partial charge in [0, 0.05) is 25.3 Å². The van der Waals surface area contributed by atoms with Gasteiger partial charge in [0.25, 0.3) is 0 Å². The van der Waals surface area contributed by atoms with Gasteiger partial charge in [0.1, 0.15) is 5.15 Å². The number of hydrogen-bond acceptors (Lipinski definition) is 3. The lowest BCUT2D eigenvalue weighted by molar-refractivity contribution is 0.640. The standard InChI is InChI=1S/C15H16ClN3/c1-11-8-17-13-4-2-3-5-14(13)19(11)10-12-6-7-15(16)18-9-12/h2-7,9,11,17H,8,10H2,1H3. The van der Waals surface area contributed by atoms with Crippen molar-refractivity contribution in [3.05, 3.63) is 53.3 Å². The number of anilines is 2. The quantitative estimate of drug-likeness (QED) is 0.848. The van der Waals surface area contributed by atoms with Crippen molar-refractivity contribution in [1.82, 2.24) is 4.98 Å². The third-order valence-electron chi connectivity index (χ3n) is 3.48. The molecule has 1 aliphatic heterocycles. The van der Waals surface area contributed by atoms with E-state index in [0.717, 1.165) is 13.1 Å². The highest BCUT2D eigenvalue weighted by atomic mass is 35.5. The number of para-hydroxylation sites is 2. The molecule has 2 aromatic rings. The van der Waals surface area contributed by atoms with Gasteiger partial charge in [-0.05, 0) is 30.7 Å². The molecule has 0 aliphatic carbocycles. The lowest BCUT2D eigenvalue weighted by Gasteiger charge is -2.37. The Hall–Kier alpha value is -1.74. The summed E-state index contributed by atoms with van der Waals surface area (Å²) in [7, 11) is 0. The molecule has 3 rings (SSSR count). The van der Waals surface area contributed by atoms with Gasteiger partial charge in [-0.2, -0.15) is 0 Å². The Morgan fingerprint density at radius 2 is 2.16 bits per heavy atom. The molecule has 1 aliphatic rings. The van der Waals surface area contributed by atoms with Crippen molar-refractivity contribution in [3.8, 4) is 0 Å². The number of pyridine rings is 1. The first-order chi connectivity index (χ1) is 9.24. The molecule has 0 saturated heterocycles. The van der Waals surface area contributed by atoms with Crippen molar-refractivity contribution in [2.75, 3.05) is 16.8 Å². The van der Waals surface area contributed by atoms with Gasteiger partial charge in [-0.1, -0.05) is 29.8 Å². The van der Waals surface area contributed by atoms with Gasteiger partial charge >= 0.3 is 0 Å². The SMILES string of the molecule is CC1CNc2ccccc2N1Cc1ccc(Cl)nc1. The minimum atomic E-state index is 0.450. The molecular weight excluding hydrogens is 258 g/mol. The molecule has 0 amide bonds. The Morgan fingerprint density at radius 3 is 2.95 bits per heavy atom. The van der Waals surface area contributed by atoms with Gasteiger partial charge in [0.05, 0.1) is 11.4 Å². The normalized spacial score (nSPS) is 17.8. The van der Waals surface area contributed by atoms with E-state index < -0.39 is 0 Å². The van der Waals surface area contributed by atoms with Crippen LogP contribution in [0.3, 0.4) is 0 Å². The van der Waals surface area contributed by atoms with Gasteiger partial charge in [-0.15, -0.1) is 0 Å². The summed E-state index contributed by atoms with van der Waals surface area (Å²) in [4.78, 5) is 6.55. The summed E-state index contributed by atoms with van der Waals surface area (Å²) in [6.45, 7) is 4.04. The van der Waals surface area contributed by atoms with Gasteiger partial charge in [0.2, 0.25) is 0 Å². The minimum absolute atomic E-state index is 0.450. The van der Waals surface area contributed by atoms with Crippen LogP contribution in [0.15, 0.2) is 42.6 Å². The Kier molecular flexibility index (Phi) is 3.30. The number of hydrogen-bond donors (Lipinski definition) is 1. The molecule has 2 heterocycles. The largest absolute Gasteiger partial charge is 0.381 e. The van der Waals surface area contributed by atoms with Gasteiger partial charge in [-0.25, -0.2) is 4.98 Å². The molecule has 1 N–H and O–H groups in total. The number of halogens is 1. The number of fused-ring (bicyclic) bond motifs is 1. The Morgan fingerprint density at radius 1 is 1.32 bits per heavy atom. The molecule has 19 heavy (non-hydrogen) atoms. The van der Waals surface area contributed by atoms with Gasteiger partial charge < -0.3 is 10.2 Å². The van der Waals surface area contributed by atoms with Gasteiger partial charge in [-0.3, -0.25) is 0 Å². The smallest absolute Gasteiger partial charge is 0.129 e. The van der Waals surface area contributed by atoms with Crippen LogP contribution < -0.4 is 10.2 Å². The Balaban J connectivity index is 1.89. The average molecular weight is 274 g/mol. The summed E-state index contributed by atoms with van der Waals surface area (Å²) < 4.78 is 0. The second-order valence-corrected chi connectivity index (χ2v) is 5.25. The number of nitrogens with zero attached hydrogens (tertiary/aromatic N) is 2. The molecule has 1 aromatic carbocycles. The molecule has 0 radical (unpaired) electrons. The highest BCUT2D eigenvalue weighted by Gasteiger charge is 2.22. The molecule has 0 spiro atoms. The topological polar surface area (TPSA) is 28.2 Å². The van der Waals surface area contributed by atoms with E-state index in [4.69, 9.17) is 11.6 Å². The number of aromatic nitrogens is 1. The Labute approximate surface area is 118 Å². The van der Waals surface area contributed by atoms with E-state index in [1.54, 1.807) is 0 Å². The van der Waals surface area contributed by atoms with E-state index in [2.05, 4.69) is 46.4 Å². The fraction of sp³-hybridized carbons (Fsp3) is 0.267. The molecule has 1 atom stereocenters. The first-order valence-electron chi connectivity index (χ1n) is 6.44. The maximum Gasteiger partial charge on any atom is 0.129 e. The maximum atomic E-state index is 5.83. The zero-order valence-electron chi connectivity index (χ0n) is 10.8. The van der Waals surface area contributed by atoms with E-state index in [0.29, 0.717) is 11.2 Å². The second kappa shape index (κ2) is 5.10. The van der Waals surface area contributed by atoms with E-state index in [1.165, 1.54) is 16.9 Å². The van der Waals surface area contributed by atoms with Crippen LogP contribution in [0.1, 0.15) is 12.5 Å². The molecule has 98 valence electrons. The number of benzene rings is 1. The maximum absolute atomic E-state index is 5.83. The summed E-state index contributed by atoms with van der Waals surface area (Å²) in [6.07, 6.45) is 1.85. The van der Waals surface area contributed by atoms with Crippen LogP contribution in [0.25, 0.3) is 0 Å². The molecule has 0 saturated carbocycles. The Bertz CT molecular complexity index is 568. The summed E-state index contributed by atoms with van der Waals surface area (Å²) in [5, 5.41) is 4.00. The zero-order chi connectivity index (χ0) is 13.2. The molecule has 1 aromatic heterocycles. The van der Waals surface area contributed by atoms with Crippen LogP contribution in [0.5, 0.6) is 0 Å². The summed E-state index contributed by atoms with van der Waals surface area (Å²) in [6, 6.07) is 12.7. The van der Waals surface area contributed by atoms with Crippen molar-refractivity contribution in [2.24, 2.45) is 0 Å². The average Bonchev–Trinajstić information content (AvgIpc) is 2.44. The van der Waals surface area contributed by atoms with E-state index >= 15 is 0 Å². The lowest BCUT2D eigenvalue weighted by atomic mass is 10.1. The minimum Gasteiger partial charge on any atom is -0.381 e. The highest BCUT2D eigenvalue weighted by Crippen LogP contribution is 2.32.